The van der Waals surface area contributed by atoms with Crippen LogP contribution >= 0.6 is 11.6 Å². The highest BCUT2D eigenvalue weighted by molar-refractivity contribution is 6.72. The lowest BCUT2D eigenvalue weighted by Gasteiger charge is -2.21. The first-order chi connectivity index (χ1) is 8.77. The first-order valence-corrected chi connectivity index (χ1v) is 5.13. The van der Waals surface area contributed by atoms with Crippen LogP contribution in [0.1, 0.15) is 11.1 Å². The average Bonchev–Trinajstić information content (AvgIpc) is 2.30. The fraction of sp³-hybridized carbons (Fsp3) is 0.100. The highest BCUT2D eigenvalue weighted by atomic mass is 35.5. The Morgan fingerprint density at radius 3 is 2.42 bits per heavy atom. The van der Waals surface area contributed by atoms with Crippen LogP contribution in [0.15, 0.2) is 17.3 Å². The number of anilines is 1. The molecule has 0 bridgehead atoms. The molecule has 100 valence electrons. The van der Waals surface area contributed by atoms with Crippen LogP contribution in [-0.2, 0) is 15.8 Å². The van der Waals surface area contributed by atoms with Gasteiger partial charge in [-0.05, 0) is 12.1 Å². The second kappa shape index (κ2) is 4.23. The quantitative estimate of drug-likeness (QED) is 0.436. The fourth-order valence-electron chi connectivity index (χ4n) is 1.70. The molecule has 0 spiro atoms. The van der Waals surface area contributed by atoms with Crippen molar-refractivity contribution in [2.24, 2.45) is 5.16 Å². The van der Waals surface area contributed by atoms with E-state index in [1.54, 1.807) is 0 Å². The molecule has 0 fully saturated rings. The highest BCUT2D eigenvalue weighted by Gasteiger charge is 2.43. The number of hydrogen-bond donors (Lipinski definition) is 2. The number of oxime groups is 1. The number of Topliss-reactive ketones (excluding diaryl/α,β-unsaturated/α-hetero) is 1. The minimum atomic E-state index is -4.87. The standard InChI is InChI=1S/C10H4ClF3N2O3/c11-3-1-2-4-5(6(3)10(12,13)14)7(16-19)8(17)9(18)15-4/h1-2,19H,(H,15,18). The Labute approximate surface area is 108 Å². The molecular weight excluding hydrogens is 289 g/mol. The predicted octanol–water partition coefficient (Wildman–Crippen LogP) is 2.06. The third kappa shape index (κ3) is 2.03. The number of nitrogens with zero attached hydrogens (tertiary/aromatic N) is 1. The number of ketones is 1. The third-order valence-corrected chi connectivity index (χ3v) is 2.76. The Morgan fingerprint density at radius 2 is 1.89 bits per heavy atom. The Hall–Kier alpha value is -2.09. The van der Waals surface area contributed by atoms with Gasteiger partial charge in [0.1, 0.15) is 0 Å². The van der Waals surface area contributed by atoms with E-state index in [0.717, 1.165) is 12.1 Å². The van der Waals surface area contributed by atoms with Crippen LogP contribution in [-0.4, -0.2) is 22.6 Å². The first kappa shape index (κ1) is 13.3. The van der Waals surface area contributed by atoms with Gasteiger partial charge in [-0.25, -0.2) is 0 Å². The molecule has 2 rings (SSSR count). The largest absolute Gasteiger partial charge is 0.418 e. The zero-order chi connectivity index (χ0) is 14.4. The van der Waals surface area contributed by atoms with E-state index in [9.17, 15) is 22.8 Å². The lowest BCUT2D eigenvalue weighted by Crippen LogP contribution is -2.37. The SMILES string of the molecule is O=C1Nc2ccc(Cl)c(C(F)(F)F)c2C(=NO)C1=O. The van der Waals surface area contributed by atoms with Crippen LogP contribution in [0.5, 0.6) is 0 Å². The number of carbonyl (C=O) groups is 2. The summed E-state index contributed by atoms with van der Waals surface area (Å²) in [4.78, 5) is 22.6. The van der Waals surface area contributed by atoms with Crippen LogP contribution in [0, 0.1) is 0 Å². The lowest BCUT2D eigenvalue weighted by molar-refractivity contribution is -0.137. The van der Waals surface area contributed by atoms with Gasteiger partial charge in [0.05, 0.1) is 16.3 Å². The topological polar surface area (TPSA) is 78.8 Å². The molecule has 5 nitrogen and oxygen atoms in total. The Kier molecular flexibility index (Phi) is 2.97. The second-order valence-corrected chi connectivity index (χ2v) is 3.98. The summed E-state index contributed by atoms with van der Waals surface area (Å²) in [6, 6.07) is 2.01. The molecule has 0 aliphatic carbocycles. The zero-order valence-corrected chi connectivity index (χ0v) is 9.63. The molecule has 0 unspecified atom stereocenters. The van der Waals surface area contributed by atoms with Crippen molar-refractivity contribution in [1.82, 2.24) is 0 Å². The van der Waals surface area contributed by atoms with Gasteiger partial charge in [0.2, 0.25) is 0 Å². The number of carbonyl (C=O) groups excluding carboxylic acids is 2. The molecule has 9 heteroatoms. The van der Waals surface area contributed by atoms with E-state index in [1.807, 2.05) is 5.32 Å². The van der Waals surface area contributed by atoms with Crippen molar-refractivity contribution in [2.75, 3.05) is 5.32 Å². The molecule has 1 aliphatic rings. The van der Waals surface area contributed by atoms with E-state index in [1.165, 1.54) is 0 Å². The van der Waals surface area contributed by atoms with Crippen molar-refractivity contribution in [3.8, 4) is 0 Å². The van der Waals surface area contributed by atoms with Gasteiger partial charge in [-0.2, -0.15) is 13.2 Å². The zero-order valence-electron chi connectivity index (χ0n) is 8.88. The number of benzene rings is 1. The van der Waals surface area contributed by atoms with E-state index >= 15 is 0 Å². The fourth-order valence-corrected chi connectivity index (χ4v) is 1.96. The number of halogens is 4. The summed E-state index contributed by atoms with van der Waals surface area (Å²) in [7, 11) is 0. The third-order valence-electron chi connectivity index (χ3n) is 2.44. The number of fused-ring (bicyclic) bond motifs is 1. The minimum Gasteiger partial charge on any atom is -0.410 e. The molecule has 0 atom stereocenters. The van der Waals surface area contributed by atoms with Crippen molar-refractivity contribution in [3.63, 3.8) is 0 Å². The lowest BCUT2D eigenvalue weighted by atomic mass is 9.94. The Morgan fingerprint density at radius 1 is 1.26 bits per heavy atom. The summed E-state index contributed by atoms with van der Waals surface area (Å²) < 4.78 is 38.8. The number of hydrogen-bond acceptors (Lipinski definition) is 4. The molecule has 1 amide bonds. The average molecular weight is 293 g/mol. The molecule has 0 radical (unpaired) electrons. The smallest absolute Gasteiger partial charge is 0.410 e. The van der Waals surface area contributed by atoms with Crippen molar-refractivity contribution in [1.29, 1.82) is 0 Å². The summed E-state index contributed by atoms with van der Waals surface area (Å²) in [6.45, 7) is 0. The number of nitrogens with one attached hydrogen (secondary N) is 1. The normalized spacial score (nSPS) is 17.4. The Balaban J connectivity index is 2.84. The van der Waals surface area contributed by atoms with Crippen molar-refractivity contribution >= 4 is 34.7 Å². The highest BCUT2D eigenvalue weighted by Crippen LogP contribution is 2.41. The summed E-state index contributed by atoms with van der Waals surface area (Å²) in [5, 5.41) is 12.5. The summed E-state index contributed by atoms with van der Waals surface area (Å²) in [5.41, 5.74) is -3.37. The minimum absolute atomic E-state index is 0.297. The van der Waals surface area contributed by atoms with Crippen LogP contribution in [0.3, 0.4) is 0 Å². The van der Waals surface area contributed by atoms with Crippen molar-refractivity contribution in [3.05, 3.63) is 28.3 Å². The maximum absolute atomic E-state index is 12.9. The monoisotopic (exact) mass is 292 g/mol. The van der Waals surface area contributed by atoms with Crippen molar-refractivity contribution < 1.29 is 28.0 Å². The number of rotatable bonds is 0. The second-order valence-electron chi connectivity index (χ2n) is 3.57. The van der Waals surface area contributed by atoms with Crippen LogP contribution in [0.25, 0.3) is 0 Å². The number of alkyl halides is 3. The van der Waals surface area contributed by atoms with E-state index < -0.39 is 39.7 Å². The van der Waals surface area contributed by atoms with Crippen molar-refractivity contribution in [2.45, 2.75) is 6.18 Å². The Bertz CT molecular complexity index is 625. The van der Waals surface area contributed by atoms with Gasteiger partial charge < -0.3 is 10.5 Å². The van der Waals surface area contributed by atoms with E-state index in [-0.39, 0.29) is 5.69 Å². The van der Waals surface area contributed by atoms with Gasteiger partial charge in [-0.15, -0.1) is 0 Å². The summed E-state index contributed by atoms with van der Waals surface area (Å²) in [6.07, 6.45) is -4.87. The molecular formula is C10H4ClF3N2O3. The van der Waals surface area contributed by atoms with Gasteiger partial charge in [0.15, 0.2) is 5.71 Å². The maximum Gasteiger partial charge on any atom is 0.418 e. The van der Waals surface area contributed by atoms with E-state index in [4.69, 9.17) is 16.8 Å². The molecule has 1 aromatic rings. The van der Waals surface area contributed by atoms with Gasteiger partial charge in [0.25, 0.3) is 11.7 Å². The van der Waals surface area contributed by atoms with Crippen LogP contribution in [0.2, 0.25) is 5.02 Å². The molecule has 1 aliphatic heterocycles. The number of amides is 1. The van der Waals surface area contributed by atoms with Gasteiger partial charge in [0, 0.05) is 5.56 Å². The van der Waals surface area contributed by atoms with Gasteiger partial charge in [-0.3, -0.25) is 9.59 Å². The van der Waals surface area contributed by atoms with Gasteiger partial charge >= 0.3 is 6.18 Å². The molecule has 0 saturated heterocycles. The van der Waals surface area contributed by atoms with E-state index in [2.05, 4.69) is 5.16 Å². The van der Waals surface area contributed by atoms with E-state index in [0.29, 0.717) is 0 Å². The summed E-state index contributed by atoms with van der Waals surface area (Å²) >= 11 is 5.47. The molecule has 0 saturated carbocycles. The molecule has 1 heterocycles. The van der Waals surface area contributed by atoms with Crippen LogP contribution < -0.4 is 5.32 Å². The van der Waals surface area contributed by atoms with Gasteiger partial charge in [-0.1, -0.05) is 16.8 Å². The molecule has 1 aromatic carbocycles. The first-order valence-electron chi connectivity index (χ1n) is 4.75. The molecule has 0 aromatic heterocycles. The maximum atomic E-state index is 12.9. The molecule has 19 heavy (non-hydrogen) atoms. The molecule has 2 N–H and O–H groups in total. The van der Waals surface area contributed by atoms with Crippen LogP contribution in [0.4, 0.5) is 18.9 Å². The summed E-state index contributed by atoms with van der Waals surface area (Å²) in [5.74, 6) is -2.56. The predicted molar refractivity (Wildman–Crippen MR) is 58.4 cm³/mol.